The van der Waals surface area contributed by atoms with Crippen LogP contribution in [0.2, 0.25) is 0 Å². The van der Waals surface area contributed by atoms with Gasteiger partial charge in [0.25, 0.3) is 0 Å². The van der Waals surface area contributed by atoms with E-state index in [0.29, 0.717) is 24.7 Å². The summed E-state index contributed by atoms with van der Waals surface area (Å²) < 4.78 is 18.4. The number of hydrogen-bond acceptors (Lipinski definition) is 2. The van der Waals surface area contributed by atoms with E-state index in [1.165, 1.54) is 0 Å². The van der Waals surface area contributed by atoms with Gasteiger partial charge in [0.2, 0.25) is 0 Å². The Labute approximate surface area is 114 Å². The van der Waals surface area contributed by atoms with E-state index in [2.05, 4.69) is 15.6 Å². The van der Waals surface area contributed by atoms with Crippen molar-refractivity contribution in [3.8, 4) is 0 Å². The number of aliphatic imine (C=N–C) groups is 1. The average molecular weight is 267 g/mol. The highest BCUT2D eigenvalue weighted by Gasteiger charge is 2.01. The van der Waals surface area contributed by atoms with Crippen molar-refractivity contribution >= 4 is 5.96 Å². The van der Waals surface area contributed by atoms with Crippen LogP contribution in [0.1, 0.15) is 17.5 Å². The normalized spacial score (nSPS) is 11.5. The maximum Gasteiger partial charge on any atom is 0.191 e. The zero-order valence-corrected chi connectivity index (χ0v) is 11.8. The number of methoxy groups -OCH3 is 1. The number of guanidine groups is 1. The summed E-state index contributed by atoms with van der Waals surface area (Å²) in [7, 11) is 3.39. The number of rotatable bonds is 6. The second kappa shape index (κ2) is 8.48. The summed E-state index contributed by atoms with van der Waals surface area (Å²) >= 11 is 0. The first-order valence-corrected chi connectivity index (χ1v) is 6.36. The van der Waals surface area contributed by atoms with Gasteiger partial charge in [0.15, 0.2) is 5.96 Å². The molecule has 1 rings (SSSR count). The van der Waals surface area contributed by atoms with E-state index in [-0.39, 0.29) is 5.82 Å². The van der Waals surface area contributed by atoms with E-state index in [4.69, 9.17) is 4.74 Å². The maximum atomic E-state index is 13.4. The lowest BCUT2D eigenvalue weighted by Gasteiger charge is -2.12. The Morgan fingerprint density at radius 1 is 1.37 bits per heavy atom. The summed E-state index contributed by atoms with van der Waals surface area (Å²) in [5, 5.41) is 6.31. The fourth-order valence-corrected chi connectivity index (χ4v) is 1.58. The number of benzene rings is 1. The largest absolute Gasteiger partial charge is 0.385 e. The highest BCUT2D eigenvalue weighted by atomic mass is 19.1. The molecular weight excluding hydrogens is 245 g/mol. The molecule has 0 saturated heterocycles. The molecular formula is C14H22FN3O. The summed E-state index contributed by atoms with van der Waals surface area (Å²) in [6, 6.07) is 5.23. The van der Waals surface area contributed by atoms with Gasteiger partial charge in [-0.1, -0.05) is 12.1 Å². The van der Waals surface area contributed by atoms with E-state index in [0.717, 1.165) is 18.5 Å². The van der Waals surface area contributed by atoms with Crippen molar-refractivity contribution in [1.29, 1.82) is 0 Å². The third kappa shape index (κ3) is 5.70. The molecule has 0 aliphatic rings. The molecule has 0 atom stereocenters. The Kier molecular flexibility index (Phi) is 6.89. The quantitative estimate of drug-likeness (QED) is 0.469. The molecule has 0 spiro atoms. The molecule has 0 fully saturated rings. The van der Waals surface area contributed by atoms with Gasteiger partial charge in [-0.15, -0.1) is 0 Å². The number of aryl methyl sites for hydroxylation is 1. The van der Waals surface area contributed by atoms with Gasteiger partial charge in [-0.2, -0.15) is 0 Å². The molecule has 0 aliphatic heterocycles. The Balaban J connectivity index is 2.38. The van der Waals surface area contributed by atoms with Gasteiger partial charge >= 0.3 is 0 Å². The lowest BCUT2D eigenvalue weighted by atomic mass is 10.1. The minimum atomic E-state index is -0.178. The Hall–Kier alpha value is -1.62. The van der Waals surface area contributed by atoms with Crippen LogP contribution in [0.15, 0.2) is 23.2 Å². The van der Waals surface area contributed by atoms with Crippen molar-refractivity contribution in [2.45, 2.75) is 19.9 Å². The first kappa shape index (κ1) is 15.4. The highest BCUT2D eigenvalue weighted by Crippen LogP contribution is 2.08. The van der Waals surface area contributed by atoms with Gasteiger partial charge in [-0.3, -0.25) is 4.99 Å². The number of halogens is 1. The van der Waals surface area contributed by atoms with E-state index in [1.54, 1.807) is 33.2 Å². The van der Waals surface area contributed by atoms with Gasteiger partial charge in [-0.05, 0) is 30.5 Å². The van der Waals surface area contributed by atoms with Crippen molar-refractivity contribution in [3.63, 3.8) is 0 Å². The minimum absolute atomic E-state index is 0.178. The van der Waals surface area contributed by atoms with Crippen molar-refractivity contribution in [1.82, 2.24) is 10.6 Å². The molecule has 0 aromatic heterocycles. The zero-order chi connectivity index (χ0) is 14.1. The van der Waals surface area contributed by atoms with Crippen LogP contribution in [0, 0.1) is 12.7 Å². The first-order chi connectivity index (χ1) is 9.17. The molecule has 0 radical (unpaired) electrons. The lowest BCUT2D eigenvalue weighted by Crippen LogP contribution is -2.37. The number of nitrogens with zero attached hydrogens (tertiary/aromatic N) is 1. The summed E-state index contributed by atoms with van der Waals surface area (Å²) in [5.41, 5.74) is 1.55. The number of ether oxygens (including phenoxy) is 1. The average Bonchev–Trinajstić information content (AvgIpc) is 2.42. The summed E-state index contributed by atoms with van der Waals surface area (Å²) in [6.45, 7) is 3.80. The van der Waals surface area contributed by atoms with E-state index < -0.39 is 0 Å². The van der Waals surface area contributed by atoms with Crippen LogP contribution >= 0.6 is 0 Å². The van der Waals surface area contributed by atoms with E-state index in [1.807, 2.05) is 6.07 Å². The van der Waals surface area contributed by atoms with Gasteiger partial charge in [0.1, 0.15) is 5.82 Å². The molecule has 1 aromatic rings. The van der Waals surface area contributed by atoms with Gasteiger partial charge in [-0.25, -0.2) is 4.39 Å². The molecule has 0 bridgehead atoms. The van der Waals surface area contributed by atoms with E-state index in [9.17, 15) is 4.39 Å². The van der Waals surface area contributed by atoms with Gasteiger partial charge in [0, 0.05) is 33.9 Å². The third-order valence-corrected chi connectivity index (χ3v) is 2.74. The fourth-order valence-electron chi connectivity index (χ4n) is 1.58. The lowest BCUT2D eigenvalue weighted by molar-refractivity contribution is 0.195. The van der Waals surface area contributed by atoms with Crippen LogP contribution in [-0.2, 0) is 11.3 Å². The zero-order valence-electron chi connectivity index (χ0n) is 11.8. The minimum Gasteiger partial charge on any atom is -0.385 e. The number of hydrogen-bond donors (Lipinski definition) is 2. The molecule has 106 valence electrons. The Morgan fingerprint density at radius 2 is 2.16 bits per heavy atom. The Bertz CT molecular complexity index is 421. The summed E-state index contributed by atoms with van der Waals surface area (Å²) in [5.74, 6) is 0.527. The molecule has 0 amide bonds. The van der Waals surface area contributed by atoms with Crippen molar-refractivity contribution in [2.24, 2.45) is 4.99 Å². The van der Waals surface area contributed by atoms with Crippen molar-refractivity contribution in [2.75, 3.05) is 27.3 Å². The molecule has 1 aromatic carbocycles. The SMILES string of the molecule is CN=C(NCCCOC)NCc1ccc(C)c(F)c1. The molecule has 5 heteroatoms. The molecule has 0 heterocycles. The summed E-state index contributed by atoms with van der Waals surface area (Å²) in [4.78, 5) is 4.10. The van der Waals surface area contributed by atoms with Crippen LogP contribution < -0.4 is 10.6 Å². The van der Waals surface area contributed by atoms with Gasteiger partial charge < -0.3 is 15.4 Å². The van der Waals surface area contributed by atoms with Gasteiger partial charge in [0.05, 0.1) is 0 Å². The van der Waals surface area contributed by atoms with Crippen LogP contribution in [0.5, 0.6) is 0 Å². The Morgan fingerprint density at radius 3 is 2.79 bits per heavy atom. The van der Waals surface area contributed by atoms with Crippen LogP contribution in [0.3, 0.4) is 0 Å². The van der Waals surface area contributed by atoms with Crippen LogP contribution in [0.25, 0.3) is 0 Å². The van der Waals surface area contributed by atoms with Crippen molar-refractivity contribution < 1.29 is 9.13 Å². The fraction of sp³-hybridized carbons (Fsp3) is 0.500. The predicted octanol–water partition coefficient (Wildman–Crippen LogP) is 1.84. The highest BCUT2D eigenvalue weighted by molar-refractivity contribution is 5.79. The topological polar surface area (TPSA) is 45.7 Å². The first-order valence-electron chi connectivity index (χ1n) is 6.36. The standard InChI is InChI=1S/C14H22FN3O/c1-11-5-6-12(9-13(11)15)10-18-14(16-2)17-7-4-8-19-3/h5-6,9H,4,7-8,10H2,1-3H3,(H2,16,17,18). The second-order valence-electron chi connectivity index (χ2n) is 4.28. The molecule has 4 nitrogen and oxygen atoms in total. The monoisotopic (exact) mass is 267 g/mol. The third-order valence-electron chi connectivity index (χ3n) is 2.74. The molecule has 0 aliphatic carbocycles. The van der Waals surface area contributed by atoms with Crippen molar-refractivity contribution in [3.05, 3.63) is 35.1 Å². The predicted molar refractivity (Wildman–Crippen MR) is 75.8 cm³/mol. The number of nitrogens with one attached hydrogen (secondary N) is 2. The second-order valence-corrected chi connectivity index (χ2v) is 4.28. The molecule has 2 N–H and O–H groups in total. The molecule has 0 unspecified atom stereocenters. The maximum absolute atomic E-state index is 13.4. The van der Waals surface area contributed by atoms with E-state index >= 15 is 0 Å². The summed E-state index contributed by atoms with van der Waals surface area (Å²) in [6.07, 6.45) is 0.913. The van der Waals surface area contributed by atoms with Crippen LogP contribution in [-0.4, -0.2) is 33.3 Å². The van der Waals surface area contributed by atoms with Crippen LogP contribution in [0.4, 0.5) is 4.39 Å². The molecule has 0 saturated carbocycles. The molecule has 19 heavy (non-hydrogen) atoms. The smallest absolute Gasteiger partial charge is 0.191 e.